The van der Waals surface area contributed by atoms with E-state index >= 15 is 0 Å². The first-order valence-corrected chi connectivity index (χ1v) is 3.26. The van der Waals surface area contributed by atoms with Crippen molar-refractivity contribution in [3.63, 3.8) is 0 Å². The van der Waals surface area contributed by atoms with E-state index in [9.17, 15) is 4.79 Å². The Morgan fingerprint density at radius 3 is 2.70 bits per heavy atom. The summed E-state index contributed by atoms with van der Waals surface area (Å²) in [6.07, 6.45) is 1.44. The Hall–Kier alpha value is -0.830. The van der Waals surface area contributed by atoms with Crippen LogP contribution in [0.2, 0.25) is 0 Å². The fraction of sp³-hybridized carbons (Fsp3) is 0.571. The summed E-state index contributed by atoms with van der Waals surface area (Å²) in [5.41, 5.74) is 5.38. The molecule has 1 amide bonds. The summed E-state index contributed by atoms with van der Waals surface area (Å²) in [5, 5.41) is 0. The molecule has 3 heteroatoms. The van der Waals surface area contributed by atoms with Gasteiger partial charge in [-0.1, -0.05) is 6.08 Å². The van der Waals surface area contributed by atoms with Gasteiger partial charge < -0.3 is 10.6 Å². The Morgan fingerprint density at radius 1 is 1.90 bits per heavy atom. The van der Waals surface area contributed by atoms with Crippen molar-refractivity contribution < 1.29 is 4.79 Å². The molecular weight excluding hydrogens is 128 g/mol. The lowest BCUT2D eigenvalue weighted by atomic mass is 10.3. The third kappa shape index (κ3) is 2.19. The summed E-state index contributed by atoms with van der Waals surface area (Å²) >= 11 is 0. The molecule has 0 aliphatic rings. The van der Waals surface area contributed by atoms with E-state index in [1.54, 1.807) is 11.9 Å². The molecule has 2 N–H and O–H groups in total. The van der Waals surface area contributed by atoms with E-state index in [-0.39, 0.29) is 5.91 Å². The maximum Gasteiger partial charge on any atom is 0.243 e. The molecular formula is C7H14N2O. The van der Waals surface area contributed by atoms with E-state index in [1.165, 1.54) is 6.08 Å². The standard InChI is InChI=1S/C7H14N2O/c1-4-6(8)7(10)9(3)5-2/h4,6H,1,5,8H2,2-3H3. The van der Waals surface area contributed by atoms with Crippen LogP contribution < -0.4 is 5.73 Å². The number of rotatable bonds is 3. The maximum absolute atomic E-state index is 11.0. The van der Waals surface area contributed by atoms with Gasteiger partial charge in [0.05, 0.1) is 0 Å². The number of hydrogen-bond donors (Lipinski definition) is 1. The Labute approximate surface area is 61.5 Å². The Kier molecular flexibility index (Phi) is 3.72. The summed E-state index contributed by atoms with van der Waals surface area (Å²) < 4.78 is 0. The van der Waals surface area contributed by atoms with Crippen molar-refractivity contribution in [1.29, 1.82) is 0 Å². The second kappa shape index (κ2) is 4.06. The molecule has 0 heterocycles. The van der Waals surface area contributed by atoms with E-state index < -0.39 is 6.04 Å². The zero-order valence-electron chi connectivity index (χ0n) is 6.50. The molecule has 0 bridgehead atoms. The minimum atomic E-state index is -0.551. The first-order chi connectivity index (χ1) is 4.63. The number of carbonyl (C=O) groups excluding carboxylic acids is 1. The molecule has 58 valence electrons. The minimum absolute atomic E-state index is 0.0856. The predicted octanol–water partition coefficient (Wildman–Crippen LogP) is -0.0220. The quantitative estimate of drug-likeness (QED) is 0.563. The molecule has 1 atom stereocenters. The Bertz CT molecular complexity index is 134. The third-order valence-electron chi connectivity index (χ3n) is 1.39. The van der Waals surface area contributed by atoms with E-state index in [2.05, 4.69) is 6.58 Å². The smallest absolute Gasteiger partial charge is 0.243 e. The highest BCUT2D eigenvalue weighted by atomic mass is 16.2. The van der Waals surface area contributed by atoms with Crippen molar-refractivity contribution in [1.82, 2.24) is 4.90 Å². The van der Waals surface area contributed by atoms with Crippen LogP contribution in [-0.2, 0) is 4.79 Å². The van der Waals surface area contributed by atoms with Crippen molar-refractivity contribution in [2.45, 2.75) is 13.0 Å². The van der Waals surface area contributed by atoms with E-state index in [0.29, 0.717) is 6.54 Å². The summed E-state index contributed by atoms with van der Waals surface area (Å²) in [5.74, 6) is -0.0856. The maximum atomic E-state index is 11.0. The van der Waals surface area contributed by atoms with Crippen LogP contribution in [0, 0.1) is 0 Å². The van der Waals surface area contributed by atoms with E-state index in [1.807, 2.05) is 6.92 Å². The second-order valence-electron chi connectivity index (χ2n) is 2.11. The summed E-state index contributed by atoms with van der Waals surface area (Å²) in [6.45, 7) is 6.00. The van der Waals surface area contributed by atoms with Crippen molar-refractivity contribution in [2.75, 3.05) is 13.6 Å². The molecule has 1 unspecified atom stereocenters. The Balaban J connectivity index is 3.93. The first-order valence-electron chi connectivity index (χ1n) is 3.26. The molecule has 0 aliphatic carbocycles. The van der Waals surface area contributed by atoms with Gasteiger partial charge in [-0.25, -0.2) is 0 Å². The lowest BCUT2D eigenvalue weighted by Gasteiger charge is -2.16. The van der Waals surface area contributed by atoms with Crippen molar-refractivity contribution >= 4 is 5.91 Å². The molecule has 0 aromatic carbocycles. The molecule has 0 spiro atoms. The number of nitrogens with zero attached hydrogens (tertiary/aromatic N) is 1. The molecule has 10 heavy (non-hydrogen) atoms. The molecule has 0 aromatic rings. The SMILES string of the molecule is C=CC(N)C(=O)N(C)CC. The number of likely N-dealkylation sites (N-methyl/N-ethyl adjacent to an activating group) is 1. The average molecular weight is 142 g/mol. The largest absolute Gasteiger partial charge is 0.344 e. The van der Waals surface area contributed by atoms with Gasteiger partial charge in [-0.05, 0) is 6.92 Å². The third-order valence-corrected chi connectivity index (χ3v) is 1.39. The van der Waals surface area contributed by atoms with Crippen LogP contribution in [0.5, 0.6) is 0 Å². The number of carbonyl (C=O) groups is 1. The highest BCUT2D eigenvalue weighted by molar-refractivity contribution is 5.83. The zero-order valence-corrected chi connectivity index (χ0v) is 6.50. The summed E-state index contributed by atoms with van der Waals surface area (Å²) in [6, 6.07) is -0.551. The molecule has 0 aromatic heterocycles. The van der Waals surface area contributed by atoms with Crippen LogP contribution >= 0.6 is 0 Å². The number of hydrogen-bond acceptors (Lipinski definition) is 2. The van der Waals surface area contributed by atoms with Crippen LogP contribution in [0.3, 0.4) is 0 Å². The number of nitrogens with two attached hydrogens (primary N) is 1. The minimum Gasteiger partial charge on any atom is -0.344 e. The second-order valence-corrected chi connectivity index (χ2v) is 2.11. The van der Waals surface area contributed by atoms with Gasteiger partial charge in [-0.15, -0.1) is 6.58 Å². The van der Waals surface area contributed by atoms with E-state index in [4.69, 9.17) is 5.73 Å². The number of amides is 1. The van der Waals surface area contributed by atoms with Crippen LogP contribution in [0.25, 0.3) is 0 Å². The predicted molar refractivity (Wildman–Crippen MR) is 41.5 cm³/mol. The summed E-state index contributed by atoms with van der Waals surface area (Å²) in [7, 11) is 1.71. The molecule has 0 saturated heterocycles. The normalized spacial score (nSPS) is 12.3. The van der Waals surface area contributed by atoms with Gasteiger partial charge in [0.2, 0.25) is 5.91 Å². The van der Waals surface area contributed by atoms with Crippen LogP contribution in [-0.4, -0.2) is 30.4 Å². The van der Waals surface area contributed by atoms with Crippen LogP contribution in [0.4, 0.5) is 0 Å². The molecule has 0 rings (SSSR count). The highest BCUT2D eigenvalue weighted by Crippen LogP contribution is 1.88. The van der Waals surface area contributed by atoms with Gasteiger partial charge in [0.1, 0.15) is 6.04 Å². The fourth-order valence-electron chi connectivity index (χ4n) is 0.511. The lowest BCUT2D eigenvalue weighted by molar-refractivity contribution is -0.129. The molecule has 3 nitrogen and oxygen atoms in total. The molecule has 0 saturated carbocycles. The van der Waals surface area contributed by atoms with Crippen LogP contribution in [0.1, 0.15) is 6.92 Å². The van der Waals surface area contributed by atoms with Gasteiger partial charge in [0.25, 0.3) is 0 Å². The lowest BCUT2D eigenvalue weighted by Crippen LogP contribution is -2.40. The Morgan fingerprint density at radius 2 is 2.40 bits per heavy atom. The molecule has 0 fully saturated rings. The zero-order chi connectivity index (χ0) is 8.15. The fourth-order valence-corrected chi connectivity index (χ4v) is 0.511. The topological polar surface area (TPSA) is 46.3 Å². The van der Waals surface area contributed by atoms with Crippen LogP contribution in [0.15, 0.2) is 12.7 Å². The molecule has 0 radical (unpaired) electrons. The van der Waals surface area contributed by atoms with Crippen molar-refractivity contribution in [3.8, 4) is 0 Å². The van der Waals surface area contributed by atoms with Crippen molar-refractivity contribution in [3.05, 3.63) is 12.7 Å². The summed E-state index contributed by atoms with van der Waals surface area (Å²) in [4.78, 5) is 12.6. The first kappa shape index (κ1) is 9.17. The average Bonchev–Trinajstić information content (AvgIpc) is 2.00. The van der Waals surface area contributed by atoms with E-state index in [0.717, 1.165) is 0 Å². The van der Waals surface area contributed by atoms with Gasteiger partial charge in [-0.3, -0.25) is 4.79 Å². The monoisotopic (exact) mass is 142 g/mol. The van der Waals surface area contributed by atoms with Gasteiger partial charge in [0.15, 0.2) is 0 Å². The highest BCUT2D eigenvalue weighted by Gasteiger charge is 2.11. The van der Waals surface area contributed by atoms with Gasteiger partial charge in [0, 0.05) is 13.6 Å². The molecule has 0 aliphatic heterocycles. The van der Waals surface area contributed by atoms with Gasteiger partial charge in [-0.2, -0.15) is 0 Å². The van der Waals surface area contributed by atoms with Crippen molar-refractivity contribution in [2.24, 2.45) is 5.73 Å². The van der Waals surface area contributed by atoms with Gasteiger partial charge >= 0.3 is 0 Å².